The number of pyridine rings is 1. The highest BCUT2D eigenvalue weighted by atomic mass is 35.5. The lowest BCUT2D eigenvalue weighted by Crippen LogP contribution is -2.30. The summed E-state index contributed by atoms with van der Waals surface area (Å²) in [5, 5.41) is 10.0. The molecule has 1 atom stereocenters. The van der Waals surface area contributed by atoms with Crippen molar-refractivity contribution in [2.75, 3.05) is 19.5 Å². The van der Waals surface area contributed by atoms with E-state index in [0.717, 1.165) is 11.1 Å². The summed E-state index contributed by atoms with van der Waals surface area (Å²) >= 11 is 0. The summed E-state index contributed by atoms with van der Waals surface area (Å²) < 4.78 is 12.9. The van der Waals surface area contributed by atoms with Gasteiger partial charge >= 0.3 is 0 Å². The highest BCUT2D eigenvalue weighted by molar-refractivity contribution is 5.95. The normalized spacial score (nSPS) is 10.9. The number of aromatic nitrogens is 3. The van der Waals surface area contributed by atoms with E-state index in [1.54, 1.807) is 61.8 Å². The highest BCUT2D eigenvalue weighted by Gasteiger charge is 2.20. The summed E-state index contributed by atoms with van der Waals surface area (Å²) in [5.74, 6) is 0.935. The van der Waals surface area contributed by atoms with E-state index < -0.39 is 6.04 Å². The molecule has 0 radical (unpaired) electrons. The molecule has 0 bridgehead atoms. The number of carbonyl (C=O) groups is 1. The number of rotatable bonds is 8. The molecule has 3 rings (SSSR count). The summed E-state index contributed by atoms with van der Waals surface area (Å²) in [4.78, 5) is 16.7. The lowest BCUT2D eigenvalue weighted by Gasteiger charge is -2.16. The molecule has 0 fully saturated rings. The summed E-state index contributed by atoms with van der Waals surface area (Å²) in [6, 6.07) is 8.51. The number of aryl methyl sites for hydroxylation is 1. The van der Waals surface area contributed by atoms with Crippen molar-refractivity contribution in [2.45, 2.75) is 12.6 Å². The molecular weight excluding hydrogens is 429 g/mol. The second-order valence-electron chi connectivity index (χ2n) is 6.17. The smallest absolute Gasteiger partial charge is 0.246 e. The first-order valence-electron chi connectivity index (χ1n) is 8.77. The van der Waals surface area contributed by atoms with Crippen LogP contribution in [-0.4, -0.2) is 34.8 Å². The van der Waals surface area contributed by atoms with Crippen LogP contribution in [-0.2, 0) is 18.4 Å². The van der Waals surface area contributed by atoms with Gasteiger partial charge in [0.25, 0.3) is 0 Å². The average molecular weight is 454 g/mol. The Morgan fingerprint density at radius 1 is 1.17 bits per heavy atom. The van der Waals surface area contributed by atoms with Crippen molar-refractivity contribution in [1.29, 1.82) is 0 Å². The van der Waals surface area contributed by atoms with Gasteiger partial charge in [0, 0.05) is 43.0 Å². The van der Waals surface area contributed by atoms with Crippen LogP contribution in [0.5, 0.6) is 11.5 Å². The molecule has 1 aromatic carbocycles. The van der Waals surface area contributed by atoms with E-state index in [1.807, 2.05) is 19.2 Å². The molecule has 162 valence electrons. The Bertz CT molecular complexity index is 937. The van der Waals surface area contributed by atoms with Gasteiger partial charge in [-0.3, -0.25) is 14.5 Å². The van der Waals surface area contributed by atoms with Gasteiger partial charge in [-0.15, -0.1) is 24.8 Å². The molecule has 1 amide bonds. The minimum absolute atomic E-state index is 0. The SMILES string of the molecule is CNC(C(=O)Nc1ccc(OC)c(OCc2ccncc2)c1)c1cnn(C)c1.Cl.Cl. The Morgan fingerprint density at radius 2 is 1.90 bits per heavy atom. The lowest BCUT2D eigenvalue weighted by molar-refractivity contribution is -0.118. The van der Waals surface area contributed by atoms with E-state index in [1.165, 1.54) is 0 Å². The highest BCUT2D eigenvalue weighted by Crippen LogP contribution is 2.31. The predicted octanol–water partition coefficient (Wildman–Crippen LogP) is 3.15. The number of nitrogens with zero attached hydrogens (tertiary/aromatic N) is 3. The molecule has 8 nitrogen and oxygen atoms in total. The van der Waals surface area contributed by atoms with Crippen molar-refractivity contribution >= 4 is 36.4 Å². The van der Waals surface area contributed by atoms with E-state index in [-0.39, 0.29) is 30.7 Å². The minimum atomic E-state index is -0.517. The zero-order valence-electron chi connectivity index (χ0n) is 16.9. The number of carbonyl (C=O) groups excluding carboxylic acids is 1. The zero-order chi connectivity index (χ0) is 19.9. The third kappa shape index (κ3) is 6.35. The van der Waals surface area contributed by atoms with E-state index >= 15 is 0 Å². The molecule has 30 heavy (non-hydrogen) atoms. The molecule has 0 aliphatic heterocycles. The number of hydrogen-bond acceptors (Lipinski definition) is 6. The second-order valence-corrected chi connectivity index (χ2v) is 6.17. The first kappa shape index (κ1) is 25.2. The Kier molecular flexibility index (Phi) is 10.1. The fourth-order valence-corrected chi connectivity index (χ4v) is 2.76. The number of benzene rings is 1. The van der Waals surface area contributed by atoms with Gasteiger partial charge in [-0.2, -0.15) is 5.10 Å². The van der Waals surface area contributed by atoms with Crippen molar-refractivity contribution in [3.63, 3.8) is 0 Å². The summed E-state index contributed by atoms with van der Waals surface area (Å²) in [5.41, 5.74) is 2.38. The van der Waals surface area contributed by atoms with Gasteiger partial charge in [-0.1, -0.05) is 0 Å². The van der Waals surface area contributed by atoms with Crippen molar-refractivity contribution < 1.29 is 14.3 Å². The fourth-order valence-electron chi connectivity index (χ4n) is 2.76. The van der Waals surface area contributed by atoms with Crippen LogP contribution in [0.15, 0.2) is 55.1 Å². The molecular formula is C20H25Cl2N5O3. The molecule has 0 aliphatic rings. The zero-order valence-corrected chi connectivity index (χ0v) is 18.5. The fraction of sp³-hybridized carbons (Fsp3) is 0.250. The molecule has 0 saturated carbocycles. The van der Waals surface area contributed by atoms with Crippen LogP contribution in [0.2, 0.25) is 0 Å². The number of nitrogens with one attached hydrogen (secondary N) is 2. The third-order valence-corrected chi connectivity index (χ3v) is 4.18. The van der Waals surface area contributed by atoms with Crippen LogP contribution in [0.4, 0.5) is 5.69 Å². The van der Waals surface area contributed by atoms with Crippen LogP contribution in [0.3, 0.4) is 0 Å². The number of halogens is 2. The molecule has 2 heterocycles. The molecule has 2 aromatic heterocycles. The van der Waals surface area contributed by atoms with Gasteiger partial charge in [-0.25, -0.2) is 0 Å². The number of amides is 1. The van der Waals surface area contributed by atoms with Crippen LogP contribution >= 0.6 is 24.8 Å². The topological polar surface area (TPSA) is 90.3 Å². The first-order valence-corrected chi connectivity index (χ1v) is 8.77. The molecule has 0 aliphatic carbocycles. The van der Waals surface area contributed by atoms with Gasteiger partial charge in [0.15, 0.2) is 11.5 Å². The van der Waals surface area contributed by atoms with Crippen molar-refractivity contribution in [1.82, 2.24) is 20.1 Å². The van der Waals surface area contributed by atoms with Gasteiger partial charge in [0.05, 0.1) is 13.3 Å². The van der Waals surface area contributed by atoms with E-state index in [4.69, 9.17) is 9.47 Å². The number of likely N-dealkylation sites (N-methyl/N-ethyl adjacent to an activating group) is 1. The van der Waals surface area contributed by atoms with E-state index in [2.05, 4.69) is 20.7 Å². The maximum Gasteiger partial charge on any atom is 0.246 e. The molecule has 10 heteroatoms. The third-order valence-electron chi connectivity index (χ3n) is 4.18. The Morgan fingerprint density at radius 3 is 2.50 bits per heavy atom. The predicted molar refractivity (Wildman–Crippen MR) is 120 cm³/mol. The van der Waals surface area contributed by atoms with Crippen LogP contribution in [0.25, 0.3) is 0 Å². The molecule has 0 saturated heterocycles. The Hall–Kier alpha value is -2.81. The molecule has 2 N–H and O–H groups in total. The Balaban J connectivity index is 0.00000225. The van der Waals surface area contributed by atoms with Crippen LogP contribution in [0.1, 0.15) is 17.2 Å². The van der Waals surface area contributed by atoms with Gasteiger partial charge in [0.1, 0.15) is 12.6 Å². The number of methoxy groups -OCH3 is 1. The molecule has 1 unspecified atom stereocenters. The number of anilines is 1. The molecule has 0 spiro atoms. The minimum Gasteiger partial charge on any atom is -0.493 e. The van der Waals surface area contributed by atoms with E-state index in [9.17, 15) is 4.79 Å². The lowest BCUT2D eigenvalue weighted by atomic mass is 10.1. The van der Waals surface area contributed by atoms with Gasteiger partial charge in [0.2, 0.25) is 5.91 Å². The van der Waals surface area contributed by atoms with Crippen LogP contribution < -0.4 is 20.1 Å². The van der Waals surface area contributed by atoms with Crippen molar-refractivity contribution in [3.05, 3.63) is 66.2 Å². The molecule has 3 aromatic rings. The summed E-state index contributed by atoms with van der Waals surface area (Å²) in [6.07, 6.45) is 6.89. The summed E-state index contributed by atoms with van der Waals surface area (Å²) in [7, 11) is 5.12. The monoisotopic (exact) mass is 453 g/mol. The van der Waals surface area contributed by atoms with E-state index in [0.29, 0.717) is 23.8 Å². The standard InChI is InChI=1S/C20H23N5O3.2ClH/c1-21-19(15-11-23-25(2)12-15)20(26)24-16-4-5-17(27-3)18(10-16)28-13-14-6-8-22-9-7-14;;/h4-12,19,21H,13H2,1-3H3,(H,24,26);2*1H. The maximum atomic E-state index is 12.7. The summed E-state index contributed by atoms with van der Waals surface area (Å²) in [6.45, 7) is 0.366. The Labute approximate surface area is 187 Å². The quantitative estimate of drug-likeness (QED) is 0.544. The number of ether oxygens (including phenoxy) is 2. The number of hydrogen-bond donors (Lipinski definition) is 2. The average Bonchev–Trinajstić information content (AvgIpc) is 3.13. The maximum absolute atomic E-state index is 12.7. The van der Waals surface area contributed by atoms with Crippen molar-refractivity contribution in [3.8, 4) is 11.5 Å². The van der Waals surface area contributed by atoms with Crippen molar-refractivity contribution in [2.24, 2.45) is 7.05 Å². The first-order chi connectivity index (χ1) is 13.6. The second kappa shape index (κ2) is 12.0. The largest absolute Gasteiger partial charge is 0.493 e. The van der Waals surface area contributed by atoms with Gasteiger partial charge in [-0.05, 0) is 36.9 Å². The van der Waals surface area contributed by atoms with Gasteiger partial charge < -0.3 is 20.1 Å². The van der Waals surface area contributed by atoms with Crippen LogP contribution in [0, 0.1) is 0 Å².